The molecule has 0 saturated carbocycles. The Morgan fingerprint density at radius 3 is 1.61 bits per heavy atom. The van der Waals surface area contributed by atoms with Crippen LogP contribution in [-0.2, 0) is 21.7 Å². The summed E-state index contributed by atoms with van der Waals surface area (Å²) >= 11 is 0. The molecule has 0 bridgehead atoms. The van der Waals surface area contributed by atoms with Gasteiger partial charge in [0.1, 0.15) is 24.0 Å². The number of hydrogen-bond donors (Lipinski definition) is 0. The quantitative estimate of drug-likeness (QED) is 0.175. The highest BCUT2D eigenvalue weighted by molar-refractivity contribution is 6.09. The van der Waals surface area contributed by atoms with Crippen molar-refractivity contribution >= 4 is 44.6 Å². The summed E-state index contributed by atoms with van der Waals surface area (Å²) in [5, 5.41) is 2.38. The first-order chi connectivity index (χ1) is 26.8. The van der Waals surface area contributed by atoms with E-state index >= 15 is 0 Å². The number of ether oxygens (including phenoxy) is 1. The average Bonchev–Trinajstić information content (AvgIpc) is 3.69. The molecule has 5 nitrogen and oxygen atoms in total. The first-order valence-corrected chi connectivity index (χ1v) is 20.4. The Hall–Kier alpha value is -5.55. The molecule has 2 aromatic heterocycles. The second-order valence-corrected chi connectivity index (χ2v) is 20.0. The van der Waals surface area contributed by atoms with Crippen LogP contribution in [0.3, 0.4) is 0 Å². The number of hydrogen-bond acceptors (Lipinski definition) is 4. The molecule has 0 radical (unpaired) electrons. The Morgan fingerprint density at radius 2 is 1.00 bits per heavy atom. The van der Waals surface area contributed by atoms with Gasteiger partial charge in [-0.1, -0.05) is 119 Å². The van der Waals surface area contributed by atoms with Crippen LogP contribution in [0.25, 0.3) is 27.6 Å². The fourth-order valence-corrected chi connectivity index (χ4v) is 7.92. The molecule has 5 aromatic carbocycles. The van der Waals surface area contributed by atoms with E-state index in [1.165, 1.54) is 50.1 Å². The van der Waals surface area contributed by atoms with Crippen molar-refractivity contribution in [1.82, 2.24) is 9.55 Å². The summed E-state index contributed by atoms with van der Waals surface area (Å²) in [7, 11) is 0. The normalized spacial score (nSPS) is 13.8. The zero-order chi connectivity index (χ0) is 40.7. The molecule has 57 heavy (non-hydrogen) atoms. The van der Waals surface area contributed by atoms with Gasteiger partial charge >= 0.3 is 0 Å². The number of anilines is 4. The zero-order valence-corrected chi connectivity index (χ0v) is 36.0. The maximum Gasteiger partial charge on any atom is 0.137 e. The van der Waals surface area contributed by atoms with Gasteiger partial charge in [-0.2, -0.15) is 0 Å². The molecule has 0 saturated heterocycles. The molecule has 1 aliphatic rings. The third-order valence-corrected chi connectivity index (χ3v) is 11.5. The summed E-state index contributed by atoms with van der Waals surface area (Å²) in [6.45, 7) is 28.1. The monoisotopic (exact) mass is 754 g/mol. The molecule has 0 aliphatic carbocycles. The highest BCUT2D eigenvalue weighted by Gasteiger charge is 2.30. The van der Waals surface area contributed by atoms with Gasteiger partial charge in [-0.05, 0) is 111 Å². The number of pyridine rings is 1. The lowest BCUT2D eigenvalue weighted by molar-refractivity contribution is 0.483. The van der Waals surface area contributed by atoms with Crippen LogP contribution in [0.1, 0.15) is 105 Å². The van der Waals surface area contributed by atoms with Gasteiger partial charge in [0.15, 0.2) is 0 Å². The van der Waals surface area contributed by atoms with E-state index in [4.69, 9.17) is 9.72 Å². The second-order valence-electron chi connectivity index (χ2n) is 20.0. The zero-order valence-electron chi connectivity index (χ0n) is 36.0. The van der Waals surface area contributed by atoms with Crippen molar-refractivity contribution in [1.29, 1.82) is 0 Å². The first-order valence-electron chi connectivity index (χ1n) is 20.4. The van der Waals surface area contributed by atoms with E-state index in [1.807, 2.05) is 6.20 Å². The largest absolute Gasteiger partial charge is 0.457 e. The van der Waals surface area contributed by atoms with E-state index in [1.54, 1.807) is 0 Å². The number of nitrogens with zero attached hydrogens (tertiary/aromatic N) is 4. The molecule has 1 aliphatic heterocycles. The lowest BCUT2D eigenvalue weighted by Crippen LogP contribution is -2.25. The summed E-state index contributed by atoms with van der Waals surface area (Å²) in [4.78, 5) is 9.79. The summed E-state index contributed by atoms with van der Waals surface area (Å²) in [5.41, 5.74) is 12.2. The van der Waals surface area contributed by atoms with Gasteiger partial charge in [0.05, 0.1) is 22.4 Å². The third-order valence-electron chi connectivity index (χ3n) is 11.5. The molecular formula is C52H58N4O. The minimum atomic E-state index is -0.00890. The Kier molecular flexibility index (Phi) is 9.11. The maximum absolute atomic E-state index is 6.76. The van der Waals surface area contributed by atoms with Crippen LogP contribution in [0, 0.1) is 0 Å². The molecule has 0 N–H and O–H groups in total. The number of para-hydroxylation sites is 2. The second kappa shape index (κ2) is 13.5. The summed E-state index contributed by atoms with van der Waals surface area (Å²) in [5.74, 6) is 2.48. The minimum absolute atomic E-state index is 0.00810. The van der Waals surface area contributed by atoms with E-state index in [0.717, 1.165) is 34.0 Å². The summed E-state index contributed by atoms with van der Waals surface area (Å²) in [6, 6.07) is 42.1. The lowest BCUT2D eigenvalue weighted by Gasteiger charge is -2.29. The summed E-state index contributed by atoms with van der Waals surface area (Å²) in [6.07, 6.45) is 1.94. The van der Waals surface area contributed by atoms with E-state index in [9.17, 15) is 0 Å². The van der Waals surface area contributed by atoms with Gasteiger partial charge < -0.3 is 14.5 Å². The van der Waals surface area contributed by atoms with Gasteiger partial charge in [0.2, 0.25) is 0 Å². The van der Waals surface area contributed by atoms with Gasteiger partial charge in [0.25, 0.3) is 0 Å². The van der Waals surface area contributed by atoms with Crippen molar-refractivity contribution in [2.24, 2.45) is 0 Å². The molecule has 8 rings (SSSR count). The summed E-state index contributed by atoms with van der Waals surface area (Å²) < 4.78 is 9.07. The average molecular weight is 755 g/mol. The molecular weight excluding hydrogens is 697 g/mol. The molecule has 292 valence electrons. The lowest BCUT2D eigenvalue weighted by atomic mass is 9.80. The van der Waals surface area contributed by atoms with Crippen molar-refractivity contribution in [3.63, 3.8) is 0 Å². The first kappa shape index (κ1) is 38.3. The molecule has 7 aromatic rings. The highest BCUT2D eigenvalue weighted by atomic mass is 16.5. The van der Waals surface area contributed by atoms with E-state index in [0.29, 0.717) is 6.67 Å². The Balaban J connectivity index is 1.18. The molecule has 5 heteroatoms. The standard InChI is InChI=1S/C52H58N4O/c1-49(2,3)34-20-22-42-43-23-21-41(32-47(43)56(46(42)29-34)48-30-35(24-25-53-48)50(4,5)6)57-40-17-15-16-38(31-40)54-33-55(45-19-14-13-18-44(45)54)39-27-36(51(7,8)9)26-37(28-39)52(10,11)12/h13-32H,33H2,1-12H3. The smallest absolute Gasteiger partial charge is 0.137 e. The minimum Gasteiger partial charge on any atom is -0.457 e. The van der Waals surface area contributed by atoms with Crippen LogP contribution in [0.2, 0.25) is 0 Å². The molecule has 0 amide bonds. The third kappa shape index (κ3) is 7.29. The maximum atomic E-state index is 6.76. The van der Waals surface area contributed by atoms with Crippen molar-refractivity contribution in [3.05, 3.63) is 144 Å². The SMILES string of the molecule is CC(C)(C)c1cc(N2CN(c3cccc(Oc4ccc5c6ccc(C(C)(C)C)cc6n(-c6cc(C(C)(C)C)ccn6)c5c4)c3)c3ccccc32)cc(C(C)(C)C)c1. The number of rotatable bonds is 5. The Bertz CT molecular complexity index is 2610. The molecule has 0 spiro atoms. The van der Waals surface area contributed by atoms with Crippen LogP contribution < -0.4 is 14.5 Å². The van der Waals surface area contributed by atoms with Gasteiger partial charge in [-0.15, -0.1) is 0 Å². The molecule has 0 unspecified atom stereocenters. The number of fused-ring (bicyclic) bond motifs is 4. The predicted molar refractivity (Wildman–Crippen MR) is 242 cm³/mol. The van der Waals surface area contributed by atoms with Crippen molar-refractivity contribution in [3.8, 4) is 17.3 Å². The topological polar surface area (TPSA) is 33.5 Å². The molecule has 3 heterocycles. The van der Waals surface area contributed by atoms with Gasteiger partial charge in [-0.3, -0.25) is 4.57 Å². The van der Waals surface area contributed by atoms with Crippen LogP contribution in [-0.4, -0.2) is 16.2 Å². The van der Waals surface area contributed by atoms with Crippen LogP contribution in [0.4, 0.5) is 22.7 Å². The van der Waals surface area contributed by atoms with Gasteiger partial charge in [-0.25, -0.2) is 4.98 Å². The van der Waals surface area contributed by atoms with Crippen LogP contribution >= 0.6 is 0 Å². The predicted octanol–water partition coefficient (Wildman–Crippen LogP) is 14.4. The van der Waals surface area contributed by atoms with Crippen molar-refractivity contribution in [2.45, 2.75) is 105 Å². The number of benzene rings is 5. The van der Waals surface area contributed by atoms with Crippen molar-refractivity contribution < 1.29 is 4.74 Å². The fourth-order valence-electron chi connectivity index (χ4n) is 7.92. The number of aromatic nitrogens is 2. The highest BCUT2D eigenvalue weighted by Crippen LogP contribution is 2.47. The van der Waals surface area contributed by atoms with E-state index in [2.05, 4.69) is 213 Å². The Morgan fingerprint density at radius 1 is 0.456 bits per heavy atom. The molecule has 0 fully saturated rings. The van der Waals surface area contributed by atoms with Crippen LogP contribution in [0.15, 0.2) is 121 Å². The molecule has 0 atom stereocenters. The fraction of sp³-hybridized carbons (Fsp3) is 0.327. The van der Waals surface area contributed by atoms with Crippen molar-refractivity contribution in [2.75, 3.05) is 16.5 Å². The van der Waals surface area contributed by atoms with E-state index in [-0.39, 0.29) is 21.7 Å². The Labute approximate surface area is 339 Å². The van der Waals surface area contributed by atoms with Gasteiger partial charge in [0, 0.05) is 40.5 Å². The van der Waals surface area contributed by atoms with Crippen LogP contribution in [0.5, 0.6) is 11.5 Å². The van der Waals surface area contributed by atoms with E-state index < -0.39 is 0 Å².